The molecular weight excluding hydrogens is 361 g/mol. The SMILES string of the molecule is CC[C@]1(O)CCC[C@H]2CN(C(=O)CCc3nc(-c4ccccc4F)no3)C[C@H]21. The molecule has 2 aliphatic rings. The summed E-state index contributed by atoms with van der Waals surface area (Å²) in [6, 6.07) is 6.25. The highest BCUT2D eigenvalue weighted by Crippen LogP contribution is 2.44. The van der Waals surface area contributed by atoms with Gasteiger partial charge in [-0.25, -0.2) is 4.39 Å². The molecule has 3 atom stereocenters. The average Bonchev–Trinajstić information content (AvgIpc) is 3.34. The second-order valence-corrected chi connectivity index (χ2v) is 8.01. The summed E-state index contributed by atoms with van der Waals surface area (Å²) in [6.07, 6.45) is 4.25. The molecule has 0 bridgehead atoms. The zero-order chi connectivity index (χ0) is 19.7. The molecule has 1 amide bonds. The summed E-state index contributed by atoms with van der Waals surface area (Å²) in [5.41, 5.74) is -0.356. The zero-order valence-electron chi connectivity index (χ0n) is 16.1. The van der Waals surface area contributed by atoms with E-state index in [1.54, 1.807) is 18.2 Å². The van der Waals surface area contributed by atoms with Gasteiger partial charge in [0.25, 0.3) is 0 Å². The number of aliphatic hydroxyl groups is 1. The Balaban J connectivity index is 1.36. The standard InChI is InChI=1S/C21H26FN3O3/c1-2-21(27)11-5-6-14-12-25(13-16(14)21)19(26)10-9-18-23-20(24-28-18)15-7-3-4-8-17(15)22/h3-4,7-8,14,16,27H,2,5-6,9-13H2,1H3/t14-,16+,21-/m0/s1. The highest BCUT2D eigenvalue weighted by Gasteiger charge is 2.48. The van der Waals surface area contributed by atoms with Gasteiger partial charge in [-0.2, -0.15) is 4.98 Å². The number of rotatable bonds is 5. The number of amides is 1. The summed E-state index contributed by atoms with van der Waals surface area (Å²) in [7, 11) is 0. The monoisotopic (exact) mass is 387 g/mol. The van der Waals surface area contributed by atoms with Gasteiger partial charge in [0.1, 0.15) is 5.82 Å². The number of carbonyl (C=O) groups excluding carboxylic acids is 1. The molecule has 1 aromatic carbocycles. The van der Waals surface area contributed by atoms with E-state index < -0.39 is 11.4 Å². The van der Waals surface area contributed by atoms with Crippen molar-refractivity contribution >= 4 is 5.91 Å². The lowest BCUT2D eigenvalue weighted by Crippen LogP contribution is -2.44. The van der Waals surface area contributed by atoms with Crippen molar-refractivity contribution in [2.75, 3.05) is 13.1 Å². The first-order chi connectivity index (χ1) is 13.5. The van der Waals surface area contributed by atoms with Gasteiger partial charge in [-0.05, 0) is 37.3 Å². The number of benzene rings is 1. The maximum atomic E-state index is 13.8. The van der Waals surface area contributed by atoms with Crippen LogP contribution in [-0.4, -0.2) is 44.7 Å². The molecule has 2 heterocycles. The summed E-state index contributed by atoms with van der Waals surface area (Å²) in [5.74, 6) is 0.714. The van der Waals surface area contributed by atoms with Crippen LogP contribution in [0.1, 0.15) is 44.9 Å². The number of halogens is 1. The lowest BCUT2D eigenvalue weighted by atomic mass is 9.69. The van der Waals surface area contributed by atoms with Crippen molar-refractivity contribution in [3.8, 4) is 11.4 Å². The van der Waals surface area contributed by atoms with Crippen molar-refractivity contribution in [1.29, 1.82) is 0 Å². The fraction of sp³-hybridized carbons (Fsp3) is 0.571. The molecule has 7 heteroatoms. The maximum Gasteiger partial charge on any atom is 0.227 e. The van der Waals surface area contributed by atoms with Crippen molar-refractivity contribution in [3.63, 3.8) is 0 Å². The van der Waals surface area contributed by atoms with E-state index in [1.807, 2.05) is 11.8 Å². The van der Waals surface area contributed by atoms with Gasteiger partial charge >= 0.3 is 0 Å². The van der Waals surface area contributed by atoms with Gasteiger partial charge < -0.3 is 14.5 Å². The van der Waals surface area contributed by atoms with Gasteiger partial charge in [0.15, 0.2) is 0 Å². The topological polar surface area (TPSA) is 79.5 Å². The van der Waals surface area contributed by atoms with Gasteiger partial charge in [0, 0.05) is 31.8 Å². The second kappa shape index (κ2) is 7.62. The van der Waals surface area contributed by atoms with Crippen molar-refractivity contribution < 1.29 is 18.8 Å². The fourth-order valence-electron chi connectivity index (χ4n) is 4.75. The van der Waals surface area contributed by atoms with E-state index in [0.29, 0.717) is 24.8 Å². The van der Waals surface area contributed by atoms with Crippen LogP contribution in [0.5, 0.6) is 0 Å². The summed E-state index contributed by atoms with van der Waals surface area (Å²) in [6.45, 7) is 3.36. The Morgan fingerprint density at radius 2 is 2.21 bits per heavy atom. The summed E-state index contributed by atoms with van der Waals surface area (Å²) < 4.78 is 19.0. The van der Waals surface area contributed by atoms with Crippen LogP contribution < -0.4 is 0 Å². The quantitative estimate of drug-likeness (QED) is 0.852. The Labute approximate surface area is 163 Å². The van der Waals surface area contributed by atoms with Crippen molar-refractivity contribution in [2.24, 2.45) is 11.8 Å². The first-order valence-electron chi connectivity index (χ1n) is 10.1. The first-order valence-corrected chi connectivity index (χ1v) is 10.1. The second-order valence-electron chi connectivity index (χ2n) is 8.01. The van der Waals surface area contributed by atoms with Crippen LogP contribution in [0, 0.1) is 17.7 Å². The Morgan fingerprint density at radius 3 is 3.00 bits per heavy atom. The summed E-state index contributed by atoms with van der Waals surface area (Å²) in [5, 5.41) is 14.7. The van der Waals surface area contributed by atoms with E-state index in [4.69, 9.17) is 4.52 Å². The molecule has 4 rings (SSSR count). The Bertz CT molecular complexity index is 855. The minimum atomic E-state index is -0.640. The number of fused-ring (bicyclic) bond motifs is 1. The molecular formula is C21H26FN3O3. The molecule has 2 aromatic rings. The number of hydrogen-bond donors (Lipinski definition) is 1. The van der Waals surface area contributed by atoms with Gasteiger partial charge in [-0.1, -0.05) is 30.6 Å². The Morgan fingerprint density at radius 1 is 1.39 bits per heavy atom. The first kappa shape index (κ1) is 19.1. The Hall–Kier alpha value is -2.28. The minimum absolute atomic E-state index is 0.0403. The average molecular weight is 387 g/mol. The van der Waals surface area contributed by atoms with Crippen molar-refractivity contribution in [3.05, 3.63) is 36.0 Å². The lowest BCUT2D eigenvalue weighted by Gasteiger charge is -2.40. The van der Waals surface area contributed by atoms with Crippen LogP contribution in [0.4, 0.5) is 4.39 Å². The van der Waals surface area contributed by atoms with Crippen molar-refractivity contribution in [1.82, 2.24) is 15.0 Å². The maximum absolute atomic E-state index is 13.8. The van der Waals surface area contributed by atoms with Crippen LogP contribution in [0.2, 0.25) is 0 Å². The smallest absolute Gasteiger partial charge is 0.227 e. The number of aryl methyl sites for hydroxylation is 1. The Kier molecular flexibility index (Phi) is 5.19. The third-order valence-corrected chi connectivity index (χ3v) is 6.42. The molecule has 1 saturated carbocycles. The van der Waals surface area contributed by atoms with Crippen LogP contribution in [-0.2, 0) is 11.2 Å². The highest BCUT2D eigenvalue weighted by atomic mass is 19.1. The number of likely N-dealkylation sites (tertiary alicyclic amines) is 1. The molecule has 1 saturated heterocycles. The van der Waals surface area contributed by atoms with Crippen molar-refractivity contribution in [2.45, 2.75) is 51.0 Å². The largest absolute Gasteiger partial charge is 0.390 e. The number of nitrogens with zero attached hydrogens (tertiary/aromatic N) is 3. The molecule has 6 nitrogen and oxygen atoms in total. The third kappa shape index (κ3) is 3.55. The van der Waals surface area contributed by atoms with Crippen LogP contribution in [0.3, 0.4) is 0 Å². The molecule has 2 fully saturated rings. The molecule has 0 radical (unpaired) electrons. The van der Waals surface area contributed by atoms with Crippen LogP contribution in [0.25, 0.3) is 11.4 Å². The zero-order valence-corrected chi connectivity index (χ0v) is 16.1. The molecule has 1 aliphatic carbocycles. The normalized spacial score (nSPS) is 27.0. The molecule has 0 spiro atoms. The van der Waals surface area contributed by atoms with Gasteiger partial charge in [0.2, 0.25) is 17.6 Å². The molecule has 1 aliphatic heterocycles. The van der Waals surface area contributed by atoms with Gasteiger partial charge in [-0.3, -0.25) is 4.79 Å². The van der Waals surface area contributed by atoms with E-state index in [1.165, 1.54) is 6.07 Å². The number of hydrogen-bond acceptors (Lipinski definition) is 5. The molecule has 0 unspecified atom stereocenters. The van der Waals surface area contributed by atoms with E-state index >= 15 is 0 Å². The van der Waals surface area contributed by atoms with E-state index in [-0.39, 0.29) is 29.6 Å². The lowest BCUT2D eigenvalue weighted by molar-refractivity contribution is -0.130. The van der Waals surface area contributed by atoms with E-state index in [2.05, 4.69) is 10.1 Å². The number of carbonyl (C=O) groups is 1. The molecule has 150 valence electrons. The van der Waals surface area contributed by atoms with Gasteiger partial charge in [-0.15, -0.1) is 0 Å². The highest BCUT2D eigenvalue weighted by molar-refractivity contribution is 5.76. The molecule has 1 N–H and O–H groups in total. The van der Waals surface area contributed by atoms with Crippen LogP contribution >= 0.6 is 0 Å². The van der Waals surface area contributed by atoms with Crippen LogP contribution in [0.15, 0.2) is 28.8 Å². The minimum Gasteiger partial charge on any atom is -0.390 e. The predicted octanol–water partition coefficient (Wildman–Crippen LogP) is 3.21. The van der Waals surface area contributed by atoms with E-state index in [9.17, 15) is 14.3 Å². The van der Waals surface area contributed by atoms with Gasteiger partial charge in [0.05, 0.1) is 11.2 Å². The summed E-state index contributed by atoms with van der Waals surface area (Å²) >= 11 is 0. The molecule has 1 aromatic heterocycles. The summed E-state index contributed by atoms with van der Waals surface area (Å²) in [4.78, 5) is 18.8. The third-order valence-electron chi connectivity index (χ3n) is 6.42. The van der Waals surface area contributed by atoms with E-state index in [0.717, 1.165) is 32.2 Å². The number of aromatic nitrogens is 2. The predicted molar refractivity (Wildman–Crippen MR) is 101 cm³/mol. The fourth-order valence-corrected chi connectivity index (χ4v) is 4.75. The molecule has 28 heavy (non-hydrogen) atoms.